The molecule has 1 N–H and O–H groups in total. The minimum absolute atomic E-state index is 0.0328. The van der Waals surface area contributed by atoms with Crippen molar-refractivity contribution in [2.24, 2.45) is 5.92 Å². The first-order valence-corrected chi connectivity index (χ1v) is 10.9. The molecule has 7 nitrogen and oxygen atoms in total. The molecule has 10 heteroatoms. The van der Waals surface area contributed by atoms with E-state index in [2.05, 4.69) is 20.2 Å². The Hall–Kier alpha value is -3.30. The molecule has 0 unspecified atom stereocenters. The van der Waals surface area contributed by atoms with Gasteiger partial charge >= 0.3 is 6.18 Å². The van der Waals surface area contributed by atoms with Crippen molar-refractivity contribution in [1.82, 2.24) is 30.0 Å². The lowest BCUT2D eigenvalue weighted by Gasteiger charge is -2.49. The summed E-state index contributed by atoms with van der Waals surface area (Å²) in [5, 5.41) is 6.97. The minimum Gasteiger partial charge on any atom is -0.326 e. The zero-order valence-electron chi connectivity index (χ0n) is 18.4. The van der Waals surface area contributed by atoms with Crippen LogP contribution in [-0.2, 0) is 12.6 Å². The number of rotatable bonds is 2. The largest absolute Gasteiger partial charge is 0.418 e. The van der Waals surface area contributed by atoms with Gasteiger partial charge in [-0.3, -0.25) is 14.9 Å². The van der Waals surface area contributed by atoms with Crippen LogP contribution in [0.5, 0.6) is 0 Å². The summed E-state index contributed by atoms with van der Waals surface area (Å²) in [6, 6.07) is 2.33. The van der Waals surface area contributed by atoms with Gasteiger partial charge in [-0.1, -0.05) is 6.92 Å². The van der Waals surface area contributed by atoms with Crippen LogP contribution in [0.25, 0.3) is 11.4 Å². The Balaban J connectivity index is 1.66. The minimum atomic E-state index is -4.68. The van der Waals surface area contributed by atoms with Crippen LogP contribution in [0.1, 0.15) is 64.5 Å². The number of carbonyl (C=O) groups is 1. The molecule has 0 aliphatic carbocycles. The van der Waals surface area contributed by atoms with Gasteiger partial charge in [-0.15, -0.1) is 0 Å². The van der Waals surface area contributed by atoms with E-state index in [0.717, 1.165) is 23.4 Å². The van der Waals surface area contributed by atoms with Crippen molar-refractivity contribution in [2.75, 3.05) is 0 Å². The molecule has 1 saturated heterocycles. The van der Waals surface area contributed by atoms with E-state index in [-0.39, 0.29) is 23.2 Å². The van der Waals surface area contributed by atoms with Crippen molar-refractivity contribution in [1.29, 1.82) is 0 Å². The second kappa shape index (κ2) is 7.64. The predicted octanol–water partition coefficient (Wildman–Crippen LogP) is 4.44. The molecule has 2 bridgehead atoms. The van der Waals surface area contributed by atoms with Gasteiger partial charge in [0.25, 0.3) is 5.91 Å². The number of hydrogen-bond donors (Lipinski definition) is 1. The summed E-state index contributed by atoms with van der Waals surface area (Å²) >= 11 is 0. The summed E-state index contributed by atoms with van der Waals surface area (Å²) in [6.45, 7) is 5.08. The van der Waals surface area contributed by atoms with Crippen LogP contribution in [0.2, 0.25) is 0 Å². The Kier molecular flexibility index (Phi) is 4.98. The third kappa shape index (κ3) is 3.48. The van der Waals surface area contributed by atoms with Gasteiger partial charge in [-0.2, -0.15) is 18.3 Å². The number of nitrogens with zero attached hydrogens (tertiary/aromatic N) is 5. The number of hydrogen-bond acceptors (Lipinski definition) is 5. The van der Waals surface area contributed by atoms with Crippen molar-refractivity contribution >= 4 is 5.91 Å². The van der Waals surface area contributed by atoms with Crippen LogP contribution in [-0.4, -0.2) is 42.0 Å². The highest BCUT2D eigenvalue weighted by molar-refractivity contribution is 5.97. The van der Waals surface area contributed by atoms with Crippen molar-refractivity contribution < 1.29 is 18.0 Å². The second-order valence-electron chi connectivity index (χ2n) is 8.84. The van der Waals surface area contributed by atoms with E-state index in [9.17, 15) is 18.0 Å². The number of amides is 1. The van der Waals surface area contributed by atoms with Gasteiger partial charge in [-0.25, -0.2) is 9.97 Å². The maximum Gasteiger partial charge on any atom is 0.418 e. The number of carbonyl (C=O) groups excluding carboxylic acids is 1. The topological polar surface area (TPSA) is 87.7 Å². The smallest absolute Gasteiger partial charge is 0.326 e. The molecule has 0 saturated carbocycles. The normalized spacial score (nSPS) is 22.2. The predicted molar refractivity (Wildman–Crippen MR) is 113 cm³/mol. The maximum atomic E-state index is 13.9. The van der Waals surface area contributed by atoms with E-state index in [1.165, 1.54) is 19.2 Å². The molecular formula is C23H23F3N6O. The number of aromatic nitrogens is 5. The van der Waals surface area contributed by atoms with E-state index in [0.29, 0.717) is 24.4 Å². The molecule has 0 radical (unpaired) electrons. The molecule has 172 valence electrons. The summed E-state index contributed by atoms with van der Waals surface area (Å²) in [4.78, 5) is 28.5. The molecule has 5 rings (SSSR count). The van der Waals surface area contributed by atoms with Crippen LogP contribution < -0.4 is 0 Å². The second-order valence-corrected chi connectivity index (χ2v) is 8.84. The molecule has 1 fully saturated rings. The van der Waals surface area contributed by atoms with Gasteiger partial charge in [0.1, 0.15) is 5.82 Å². The van der Waals surface area contributed by atoms with E-state index < -0.39 is 23.7 Å². The highest BCUT2D eigenvalue weighted by Crippen LogP contribution is 2.47. The molecule has 3 aromatic heterocycles. The monoisotopic (exact) mass is 456 g/mol. The first-order valence-electron chi connectivity index (χ1n) is 10.9. The van der Waals surface area contributed by atoms with E-state index in [1.807, 2.05) is 13.0 Å². The zero-order valence-corrected chi connectivity index (χ0v) is 18.4. The maximum absolute atomic E-state index is 13.9. The molecule has 1 amide bonds. The quantitative estimate of drug-likeness (QED) is 0.616. The van der Waals surface area contributed by atoms with Crippen molar-refractivity contribution in [3.8, 4) is 11.4 Å². The molecule has 3 aromatic rings. The van der Waals surface area contributed by atoms with Crippen LogP contribution >= 0.6 is 0 Å². The lowest BCUT2D eigenvalue weighted by Crippen LogP contribution is -2.53. The SMILES string of the molecule is Cc1nc(-c2ccn[nH]2)c2c(n1)[C@H]1[C@H](C)CC[C@@H](C2)N1C(=O)c1ccnc(C)c1C(F)(F)F. The number of aromatic amines is 1. The number of aryl methyl sites for hydroxylation is 2. The Bertz CT molecular complexity index is 1220. The molecular weight excluding hydrogens is 433 g/mol. The summed E-state index contributed by atoms with van der Waals surface area (Å²) < 4.78 is 41.6. The summed E-state index contributed by atoms with van der Waals surface area (Å²) in [5.74, 6) is -0.0532. The average molecular weight is 456 g/mol. The standard InChI is InChI=1S/C23H23F3N6O/c1-11-4-5-14-10-16-19(17-7-9-28-31-17)29-13(3)30-20(16)21(11)32(14)22(33)15-6-8-27-12(2)18(15)23(24,25)26/h6-9,11,14,21H,4-5,10H2,1-3H3,(H,28,31)/t11-,14+,21-/m1/s1. The van der Waals surface area contributed by atoms with Gasteiger partial charge in [-0.05, 0) is 51.2 Å². The van der Waals surface area contributed by atoms with Crippen LogP contribution in [0.15, 0.2) is 24.5 Å². The van der Waals surface area contributed by atoms with Crippen LogP contribution in [0, 0.1) is 19.8 Å². The number of H-pyrrole nitrogens is 1. The van der Waals surface area contributed by atoms with Crippen molar-refractivity contribution in [3.05, 3.63) is 58.4 Å². The Morgan fingerprint density at radius 3 is 2.64 bits per heavy atom. The summed E-state index contributed by atoms with van der Waals surface area (Å²) in [7, 11) is 0. The van der Waals surface area contributed by atoms with E-state index >= 15 is 0 Å². The van der Waals surface area contributed by atoms with Crippen molar-refractivity contribution in [3.63, 3.8) is 0 Å². The number of halogens is 3. The Labute approximate surface area is 188 Å². The van der Waals surface area contributed by atoms with Gasteiger partial charge in [0, 0.05) is 24.0 Å². The molecule has 3 atom stereocenters. The van der Waals surface area contributed by atoms with Crippen LogP contribution in [0.3, 0.4) is 0 Å². The first kappa shape index (κ1) is 21.5. The van der Waals surface area contributed by atoms with Gasteiger partial charge in [0.05, 0.1) is 39.9 Å². The van der Waals surface area contributed by atoms with Crippen LogP contribution in [0.4, 0.5) is 13.2 Å². The highest BCUT2D eigenvalue weighted by Gasteiger charge is 2.48. The average Bonchev–Trinajstić information content (AvgIpc) is 3.28. The Morgan fingerprint density at radius 1 is 1.15 bits per heavy atom. The van der Waals surface area contributed by atoms with Gasteiger partial charge < -0.3 is 4.90 Å². The van der Waals surface area contributed by atoms with E-state index in [1.54, 1.807) is 18.0 Å². The highest BCUT2D eigenvalue weighted by atomic mass is 19.4. The lowest BCUT2D eigenvalue weighted by molar-refractivity contribution is -0.138. The Morgan fingerprint density at radius 2 is 1.94 bits per heavy atom. The first-order chi connectivity index (χ1) is 15.7. The van der Waals surface area contributed by atoms with E-state index in [4.69, 9.17) is 4.98 Å². The number of fused-ring (bicyclic) bond motifs is 4. The third-order valence-electron chi connectivity index (χ3n) is 6.70. The lowest BCUT2D eigenvalue weighted by atomic mass is 9.76. The molecule has 0 spiro atoms. The third-order valence-corrected chi connectivity index (χ3v) is 6.70. The molecule has 2 aliphatic rings. The summed E-state index contributed by atoms with van der Waals surface area (Å²) in [5.41, 5.74) is 1.60. The molecule has 5 heterocycles. The number of nitrogens with one attached hydrogen (secondary N) is 1. The molecule has 33 heavy (non-hydrogen) atoms. The number of alkyl halides is 3. The van der Waals surface area contributed by atoms with Gasteiger partial charge in [0.15, 0.2) is 0 Å². The fourth-order valence-electron chi connectivity index (χ4n) is 5.30. The van der Waals surface area contributed by atoms with Gasteiger partial charge in [0.2, 0.25) is 0 Å². The molecule has 0 aromatic carbocycles. The summed E-state index contributed by atoms with van der Waals surface area (Å²) in [6.07, 6.45) is 0.269. The fourth-order valence-corrected chi connectivity index (χ4v) is 5.30. The fraction of sp³-hybridized carbons (Fsp3) is 0.435. The zero-order chi connectivity index (χ0) is 23.5. The number of piperidine rings is 1. The molecule has 2 aliphatic heterocycles. The number of pyridine rings is 1. The van der Waals surface area contributed by atoms with Crippen molar-refractivity contribution in [2.45, 2.75) is 58.3 Å².